The predicted octanol–water partition coefficient (Wildman–Crippen LogP) is 3.22. The zero-order valence-electron chi connectivity index (χ0n) is 16.7. The molecule has 0 saturated carbocycles. The molecule has 27 heavy (non-hydrogen) atoms. The Labute approximate surface area is 162 Å². The number of hydrogen-bond acceptors (Lipinski definition) is 2. The van der Waals surface area contributed by atoms with E-state index >= 15 is 0 Å². The van der Waals surface area contributed by atoms with Crippen molar-refractivity contribution in [3.05, 3.63) is 52.8 Å². The first-order chi connectivity index (χ1) is 13.1. The van der Waals surface area contributed by atoms with Gasteiger partial charge in [0.05, 0.1) is 5.69 Å². The van der Waals surface area contributed by atoms with Crippen LogP contribution in [0.3, 0.4) is 0 Å². The van der Waals surface area contributed by atoms with E-state index < -0.39 is 0 Å². The Bertz CT molecular complexity index is 820. The van der Waals surface area contributed by atoms with Crippen LogP contribution in [0.25, 0.3) is 0 Å². The molecule has 2 aromatic rings. The summed E-state index contributed by atoms with van der Waals surface area (Å²) in [5.74, 6) is 1.50. The summed E-state index contributed by atoms with van der Waals surface area (Å²) in [6, 6.07) is 9.66. The summed E-state index contributed by atoms with van der Waals surface area (Å²) in [6.07, 6.45) is 7.83. The van der Waals surface area contributed by atoms with Crippen LogP contribution in [0.5, 0.6) is 0 Å². The number of fused-ring (bicyclic) bond motifs is 2. The molecule has 2 unspecified atom stereocenters. The van der Waals surface area contributed by atoms with E-state index in [2.05, 4.69) is 64.6 Å². The van der Waals surface area contributed by atoms with Crippen LogP contribution < -0.4 is 10.6 Å². The number of aliphatic imine (C=N–C) groups is 1. The van der Waals surface area contributed by atoms with Crippen molar-refractivity contribution < 1.29 is 0 Å². The lowest BCUT2D eigenvalue weighted by atomic mass is 9.94. The highest BCUT2D eigenvalue weighted by Crippen LogP contribution is 2.32. The van der Waals surface area contributed by atoms with Crippen molar-refractivity contribution in [2.75, 3.05) is 13.6 Å². The van der Waals surface area contributed by atoms with Gasteiger partial charge in [0.1, 0.15) is 0 Å². The van der Waals surface area contributed by atoms with Gasteiger partial charge in [0.25, 0.3) is 0 Å². The summed E-state index contributed by atoms with van der Waals surface area (Å²) in [5.41, 5.74) is 5.66. The maximum Gasteiger partial charge on any atom is 0.191 e. The molecule has 0 aliphatic heterocycles. The number of rotatable bonds is 4. The molecule has 144 valence electrons. The molecule has 0 radical (unpaired) electrons. The number of guanidine groups is 1. The van der Waals surface area contributed by atoms with Crippen molar-refractivity contribution >= 4 is 5.96 Å². The Hall–Kier alpha value is -2.30. The molecule has 0 fully saturated rings. The molecule has 0 bridgehead atoms. The summed E-state index contributed by atoms with van der Waals surface area (Å²) in [4.78, 5) is 4.46. The van der Waals surface area contributed by atoms with Crippen LogP contribution in [-0.2, 0) is 19.3 Å². The smallest absolute Gasteiger partial charge is 0.191 e. The van der Waals surface area contributed by atoms with Crippen molar-refractivity contribution in [1.82, 2.24) is 20.4 Å². The van der Waals surface area contributed by atoms with Crippen LogP contribution in [0.1, 0.15) is 61.0 Å². The third-order valence-corrected chi connectivity index (χ3v) is 5.96. The third-order valence-electron chi connectivity index (χ3n) is 5.96. The average molecular weight is 366 g/mol. The summed E-state index contributed by atoms with van der Waals surface area (Å²) in [7, 11) is 1.86. The molecule has 1 heterocycles. The normalized spacial score (nSPS) is 21.9. The second kappa shape index (κ2) is 7.75. The van der Waals surface area contributed by atoms with E-state index in [9.17, 15) is 0 Å². The molecule has 0 amide bonds. The van der Waals surface area contributed by atoms with Gasteiger partial charge in [-0.2, -0.15) is 5.10 Å². The fourth-order valence-electron chi connectivity index (χ4n) is 4.37. The van der Waals surface area contributed by atoms with E-state index in [4.69, 9.17) is 5.10 Å². The average Bonchev–Trinajstić information content (AvgIpc) is 3.29. The zero-order chi connectivity index (χ0) is 18.8. The topological polar surface area (TPSA) is 54.2 Å². The lowest BCUT2D eigenvalue weighted by Crippen LogP contribution is -2.46. The van der Waals surface area contributed by atoms with Gasteiger partial charge < -0.3 is 10.6 Å². The highest BCUT2D eigenvalue weighted by molar-refractivity contribution is 5.80. The van der Waals surface area contributed by atoms with Gasteiger partial charge in [0.2, 0.25) is 0 Å². The van der Waals surface area contributed by atoms with E-state index in [1.807, 2.05) is 7.05 Å². The SMILES string of the molecule is CN=C(NCC1CCc2ccccc21)NC1CCc2cn(C(C)C)nc2C1. The minimum absolute atomic E-state index is 0.398. The zero-order valence-corrected chi connectivity index (χ0v) is 16.7. The number of nitrogens with one attached hydrogen (secondary N) is 2. The first-order valence-corrected chi connectivity index (χ1v) is 10.3. The predicted molar refractivity (Wildman–Crippen MR) is 110 cm³/mol. The molecule has 4 rings (SSSR count). The second-order valence-corrected chi connectivity index (χ2v) is 8.15. The molecule has 2 atom stereocenters. The van der Waals surface area contributed by atoms with Crippen molar-refractivity contribution in [3.63, 3.8) is 0 Å². The molecule has 5 nitrogen and oxygen atoms in total. The van der Waals surface area contributed by atoms with Crippen LogP contribution >= 0.6 is 0 Å². The molecule has 0 spiro atoms. The van der Waals surface area contributed by atoms with E-state index in [0.29, 0.717) is 18.0 Å². The largest absolute Gasteiger partial charge is 0.356 e. The lowest BCUT2D eigenvalue weighted by Gasteiger charge is -2.25. The maximum atomic E-state index is 4.78. The van der Waals surface area contributed by atoms with Gasteiger partial charge in [-0.1, -0.05) is 24.3 Å². The number of hydrogen-bond donors (Lipinski definition) is 2. The Balaban J connectivity index is 1.33. The standard InChI is InChI=1S/C22H31N5/c1-15(2)27-14-18-10-11-19(12-21(18)26-27)25-22(23-3)24-13-17-9-8-16-6-4-5-7-20(16)17/h4-7,14-15,17,19H,8-13H2,1-3H3,(H2,23,24,25). The Kier molecular flexibility index (Phi) is 5.19. The maximum absolute atomic E-state index is 4.78. The quantitative estimate of drug-likeness (QED) is 0.646. The minimum Gasteiger partial charge on any atom is -0.356 e. The number of aromatic nitrogens is 2. The van der Waals surface area contributed by atoms with Gasteiger partial charge in [-0.15, -0.1) is 0 Å². The van der Waals surface area contributed by atoms with Crippen molar-refractivity contribution in [2.45, 2.75) is 64.0 Å². The molecule has 2 aliphatic carbocycles. The van der Waals surface area contributed by atoms with E-state index in [1.54, 1.807) is 0 Å². The van der Waals surface area contributed by atoms with Crippen LogP contribution in [0.4, 0.5) is 0 Å². The second-order valence-electron chi connectivity index (χ2n) is 8.15. The fourth-order valence-corrected chi connectivity index (χ4v) is 4.37. The van der Waals surface area contributed by atoms with E-state index in [1.165, 1.54) is 35.2 Å². The van der Waals surface area contributed by atoms with E-state index in [0.717, 1.165) is 31.8 Å². The van der Waals surface area contributed by atoms with Gasteiger partial charge in [-0.25, -0.2) is 0 Å². The van der Waals surface area contributed by atoms with Crippen LogP contribution in [0, 0.1) is 0 Å². The van der Waals surface area contributed by atoms with Gasteiger partial charge in [0.15, 0.2) is 5.96 Å². The van der Waals surface area contributed by atoms with Crippen molar-refractivity contribution in [2.24, 2.45) is 4.99 Å². The summed E-state index contributed by atoms with van der Waals surface area (Å²) < 4.78 is 2.09. The molecule has 1 aromatic heterocycles. The lowest BCUT2D eigenvalue weighted by molar-refractivity contribution is 0.498. The first-order valence-electron chi connectivity index (χ1n) is 10.3. The molecular formula is C22H31N5. The number of aryl methyl sites for hydroxylation is 2. The fraction of sp³-hybridized carbons (Fsp3) is 0.545. The van der Waals surface area contributed by atoms with Crippen molar-refractivity contribution in [1.29, 1.82) is 0 Å². The molecule has 0 saturated heterocycles. The van der Waals surface area contributed by atoms with Crippen LogP contribution in [0.2, 0.25) is 0 Å². The monoisotopic (exact) mass is 365 g/mol. The summed E-state index contributed by atoms with van der Waals surface area (Å²) >= 11 is 0. The van der Waals surface area contributed by atoms with E-state index in [-0.39, 0.29) is 0 Å². The number of nitrogens with zero attached hydrogens (tertiary/aromatic N) is 3. The summed E-state index contributed by atoms with van der Waals surface area (Å²) in [5, 5.41) is 12.0. The van der Waals surface area contributed by atoms with Gasteiger partial charge in [0, 0.05) is 44.2 Å². The van der Waals surface area contributed by atoms with Crippen LogP contribution in [0.15, 0.2) is 35.5 Å². The van der Waals surface area contributed by atoms with Gasteiger partial charge in [-0.3, -0.25) is 9.67 Å². The minimum atomic E-state index is 0.398. The van der Waals surface area contributed by atoms with Gasteiger partial charge in [-0.05, 0) is 56.2 Å². The molecule has 5 heteroatoms. The Morgan fingerprint density at radius 1 is 1.22 bits per heavy atom. The third kappa shape index (κ3) is 3.87. The molecular weight excluding hydrogens is 334 g/mol. The number of benzene rings is 1. The van der Waals surface area contributed by atoms with Gasteiger partial charge >= 0.3 is 0 Å². The molecule has 2 aliphatic rings. The Morgan fingerprint density at radius 2 is 2.04 bits per heavy atom. The Morgan fingerprint density at radius 3 is 2.85 bits per heavy atom. The summed E-state index contributed by atoms with van der Waals surface area (Å²) in [6.45, 7) is 5.30. The first kappa shape index (κ1) is 18.1. The van der Waals surface area contributed by atoms with Crippen LogP contribution in [-0.4, -0.2) is 35.4 Å². The highest BCUT2D eigenvalue weighted by atomic mass is 15.3. The molecule has 2 N–H and O–H groups in total. The molecule has 1 aromatic carbocycles. The highest BCUT2D eigenvalue weighted by Gasteiger charge is 2.24. The van der Waals surface area contributed by atoms with Crippen molar-refractivity contribution in [3.8, 4) is 0 Å².